The molecule has 0 radical (unpaired) electrons. The molecular weight excluding hydrogens is 925 g/mol. The summed E-state index contributed by atoms with van der Waals surface area (Å²) >= 11 is 0. The average Bonchev–Trinajstić information content (AvgIpc) is 3.41. The molecule has 0 rings (SSSR count). The van der Waals surface area contributed by atoms with Gasteiger partial charge in [0.1, 0.15) is 13.2 Å². The van der Waals surface area contributed by atoms with Gasteiger partial charge in [-0.25, -0.2) is 0 Å². The molecule has 0 aliphatic carbocycles. The third kappa shape index (κ3) is 60.3. The molecule has 75 heavy (non-hydrogen) atoms. The van der Waals surface area contributed by atoms with Crippen molar-refractivity contribution in [3.8, 4) is 0 Å². The first kappa shape index (κ1) is 70.5. The molecule has 0 spiro atoms. The van der Waals surface area contributed by atoms with E-state index in [0.29, 0.717) is 19.3 Å². The molecule has 0 aromatic rings. The maximum absolute atomic E-state index is 12.9. The van der Waals surface area contributed by atoms with Gasteiger partial charge in [-0.05, 0) is 122 Å². The Morgan fingerprint density at radius 3 is 0.880 bits per heavy atom. The number of carbonyl (C=O) groups excluding carboxylic acids is 3. The van der Waals surface area contributed by atoms with Crippen LogP contribution in [0.4, 0.5) is 0 Å². The smallest absolute Gasteiger partial charge is 0.306 e. The molecule has 0 saturated heterocycles. The van der Waals surface area contributed by atoms with Gasteiger partial charge in [-0.15, -0.1) is 0 Å². The lowest BCUT2D eigenvalue weighted by molar-refractivity contribution is -0.167. The lowest BCUT2D eigenvalue weighted by Crippen LogP contribution is -2.30. The van der Waals surface area contributed by atoms with Crippen molar-refractivity contribution in [3.63, 3.8) is 0 Å². The fourth-order valence-corrected chi connectivity index (χ4v) is 8.10. The minimum absolute atomic E-state index is 0.122. The quantitative estimate of drug-likeness (QED) is 0.0261. The second kappa shape index (κ2) is 62.1. The number of hydrogen-bond donors (Lipinski definition) is 0. The molecule has 0 aromatic carbocycles. The van der Waals surface area contributed by atoms with Gasteiger partial charge in [0.25, 0.3) is 0 Å². The maximum atomic E-state index is 12.9. The Morgan fingerprint density at radius 2 is 0.533 bits per heavy atom. The van der Waals surface area contributed by atoms with E-state index in [1.807, 2.05) is 0 Å². The summed E-state index contributed by atoms with van der Waals surface area (Å²) < 4.78 is 16.8. The summed E-state index contributed by atoms with van der Waals surface area (Å²) in [5.41, 5.74) is 0. The Bertz CT molecular complexity index is 1620. The summed E-state index contributed by atoms with van der Waals surface area (Å²) in [6.45, 7) is 6.32. The maximum Gasteiger partial charge on any atom is 0.306 e. The summed E-state index contributed by atoms with van der Waals surface area (Å²) in [5.74, 6) is -1.04. The molecule has 0 bridgehead atoms. The molecule has 0 aliphatic heterocycles. The van der Waals surface area contributed by atoms with Gasteiger partial charge in [0.2, 0.25) is 0 Å². The Kier molecular flexibility index (Phi) is 58.4. The highest BCUT2D eigenvalue weighted by atomic mass is 16.6. The fourth-order valence-electron chi connectivity index (χ4n) is 8.10. The number of allylic oxidation sites excluding steroid dienone is 22. The third-order valence-electron chi connectivity index (χ3n) is 12.6. The van der Waals surface area contributed by atoms with Gasteiger partial charge in [-0.1, -0.05) is 257 Å². The van der Waals surface area contributed by atoms with Crippen LogP contribution in [0, 0.1) is 0 Å². The second-order valence-corrected chi connectivity index (χ2v) is 19.8. The van der Waals surface area contributed by atoms with Crippen LogP contribution in [0.25, 0.3) is 0 Å². The number of ether oxygens (including phenoxy) is 3. The highest BCUT2D eigenvalue weighted by molar-refractivity contribution is 5.71. The van der Waals surface area contributed by atoms with Crippen LogP contribution in [0.3, 0.4) is 0 Å². The SMILES string of the molecule is CC/C=C\C/C=C\C/C=C\C/C=C\C/C=C\CCCC(=O)OCC(COC(=O)CCCCCCCCCCCCC/C=C\CCCCCCCCCC)OC(=O)CCC/C=C\C/C=C\C/C=C\C/C=C\C/C=C\CC. The van der Waals surface area contributed by atoms with Crippen LogP contribution < -0.4 is 0 Å². The molecule has 0 amide bonds. The molecule has 0 heterocycles. The molecule has 0 saturated carbocycles. The number of unbranched alkanes of at least 4 members (excludes halogenated alkanes) is 21. The van der Waals surface area contributed by atoms with Crippen LogP contribution in [-0.2, 0) is 28.6 Å². The van der Waals surface area contributed by atoms with Crippen molar-refractivity contribution in [2.75, 3.05) is 13.2 Å². The topological polar surface area (TPSA) is 78.9 Å². The Morgan fingerprint density at radius 1 is 0.280 bits per heavy atom. The second-order valence-electron chi connectivity index (χ2n) is 19.8. The minimum Gasteiger partial charge on any atom is -0.462 e. The first-order chi connectivity index (χ1) is 37.0. The van der Waals surface area contributed by atoms with Gasteiger partial charge in [0.15, 0.2) is 6.10 Å². The van der Waals surface area contributed by atoms with Crippen LogP contribution in [0.1, 0.15) is 265 Å². The van der Waals surface area contributed by atoms with E-state index in [1.54, 1.807) is 0 Å². The highest BCUT2D eigenvalue weighted by Gasteiger charge is 2.19. The van der Waals surface area contributed by atoms with Crippen molar-refractivity contribution < 1.29 is 28.6 Å². The zero-order valence-electron chi connectivity index (χ0n) is 48.5. The highest BCUT2D eigenvalue weighted by Crippen LogP contribution is 2.15. The lowest BCUT2D eigenvalue weighted by Gasteiger charge is -2.18. The Hall–Kier alpha value is -4.45. The number of rotatable bonds is 54. The standard InChI is InChI=1S/C69H112O6/c1-4-7-10-13-16-19-22-25-28-31-32-33-34-35-36-39-41-44-47-50-53-56-59-62-68(71)74-65-66(75-69(72)63-60-57-54-51-48-45-42-38-30-27-24-21-18-15-12-9-6-3)64-73-67(70)61-58-55-52-49-46-43-40-37-29-26-23-20-17-14-11-8-5-2/h8-9,11-12,17-18,20-21,26-27,29-32,40,42-43,45,49,51-52,54,66H,4-7,10,13-16,19,22-25,28,33-39,41,44,46-48,50,53,55-65H2,1-3H3/b11-8-,12-9-,20-17-,21-18-,29-26-,30-27-,32-31-,43-40-,45-42-,52-49-,54-51-. The van der Waals surface area contributed by atoms with Crippen LogP contribution in [0.5, 0.6) is 0 Å². The number of carbonyl (C=O) groups is 3. The molecule has 0 N–H and O–H groups in total. The van der Waals surface area contributed by atoms with E-state index in [1.165, 1.54) is 116 Å². The van der Waals surface area contributed by atoms with Crippen molar-refractivity contribution >= 4 is 17.9 Å². The van der Waals surface area contributed by atoms with Crippen LogP contribution >= 0.6 is 0 Å². The number of esters is 3. The molecule has 0 fully saturated rings. The lowest BCUT2D eigenvalue weighted by atomic mass is 10.0. The zero-order valence-corrected chi connectivity index (χ0v) is 48.5. The first-order valence-electron chi connectivity index (χ1n) is 30.7. The van der Waals surface area contributed by atoms with E-state index >= 15 is 0 Å². The molecule has 1 atom stereocenters. The predicted molar refractivity (Wildman–Crippen MR) is 325 cm³/mol. The molecule has 0 aliphatic rings. The van der Waals surface area contributed by atoms with Gasteiger partial charge in [0, 0.05) is 19.3 Å². The molecular formula is C69H112O6. The van der Waals surface area contributed by atoms with Crippen molar-refractivity contribution in [2.24, 2.45) is 0 Å². The van der Waals surface area contributed by atoms with E-state index in [2.05, 4.69) is 154 Å². The van der Waals surface area contributed by atoms with Crippen LogP contribution in [0.2, 0.25) is 0 Å². The van der Waals surface area contributed by atoms with Gasteiger partial charge in [0.05, 0.1) is 0 Å². The van der Waals surface area contributed by atoms with E-state index in [9.17, 15) is 14.4 Å². The summed E-state index contributed by atoms with van der Waals surface area (Å²) in [5, 5.41) is 0. The van der Waals surface area contributed by atoms with Crippen molar-refractivity contribution in [1.82, 2.24) is 0 Å². The van der Waals surface area contributed by atoms with E-state index in [-0.39, 0.29) is 44.0 Å². The van der Waals surface area contributed by atoms with E-state index < -0.39 is 6.10 Å². The van der Waals surface area contributed by atoms with Crippen molar-refractivity contribution in [2.45, 2.75) is 271 Å². The predicted octanol–water partition coefficient (Wildman–Crippen LogP) is 21.0. The van der Waals surface area contributed by atoms with Gasteiger partial charge in [-0.2, -0.15) is 0 Å². The minimum atomic E-state index is -0.837. The van der Waals surface area contributed by atoms with Crippen molar-refractivity contribution in [3.05, 3.63) is 134 Å². The Labute approximate surface area is 462 Å². The normalized spacial score (nSPS) is 13.1. The first-order valence-corrected chi connectivity index (χ1v) is 30.7. The average molecular weight is 1040 g/mol. The number of hydrogen-bond acceptors (Lipinski definition) is 6. The monoisotopic (exact) mass is 1040 g/mol. The van der Waals surface area contributed by atoms with Crippen LogP contribution in [0.15, 0.2) is 134 Å². The summed E-state index contributed by atoms with van der Waals surface area (Å²) in [4.78, 5) is 38.2. The largest absolute Gasteiger partial charge is 0.462 e. The molecule has 424 valence electrons. The molecule has 1 unspecified atom stereocenters. The summed E-state index contributed by atoms with van der Waals surface area (Å²) in [6, 6.07) is 0. The molecule has 6 heteroatoms. The van der Waals surface area contributed by atoms with Gasteiger partial charge >= 0.3 is 17.9 Å². The van der Waals surface area contributed by atoms with Gasteiger partial charge < -0.3 is 14.2 Å². The third-order valence-corrected chi connectivity index (χ3v) is 12.6. The summed E-state index contributed by atoms with van der Waals surface area (Å²) in [6.07, 6.45) is 87.5. The zero-order chi connectivity index (χ0) is 54.3. The fraction of sp³-hybridized carbons (Fsp3) is 0.638. The summed E-state index contributed by atoms with van der Waals surface area (Å²) in [7, 11) is 0. The molecule has 0 aromatic heterocycles. The van der Waals surface area contributed by atoms with E-state index in [4.69, 9.17) is 14.2 Å². The van der Waals surface area contributed by atoms with Crippen LogP contribution in [-0.4, -0.2) is 37.2 Å². The molecule has 6 nitrogen and oxygen atoms in total. The van der Waals surface area contributed by atoms with Crippen molar-refractivity contribution in [1.29, 1.82) is 0 Å². The Balaban J connectivity index is 4.50. The van der Waals surface area contributed by atoms with Gasteiger partial charge in [-0.3, -0.25) is 14.4 Å². The van der Waals surface area contributed by atoms with E-state index in [0.717, 1.165) is 96.3 Å².